The second-order valence-corrected chi connectivity index (χ2v) is 4.48. The molecule has 1 amide bonds. The molecule has 1 saturated heterocycles. The topological polar surface area (TPSA) is 91.5 Å². The Bertz CT molecular complexity index is 442. The first kappa shape index (κ1) is 12.5. The molecular weight excluding hydrogens is 232 g/mol. The van der Waals surface area contributed by atoms with Gasteiger partial charge in [0.1, 0.15) is 0 Å². The van der Waals surface area contributed by atoms with Gasteiger partial charge in [0.2, 0.25) is 11.8 Å². The predicted octanol–water partition coefficient (Wildman–Crippen LogP) is 0.332. The van der Waals surface area contributed by atoms with Crippen LogP contribution in [0.25, 0.3) is 0 Å². The van der Waals surface area contributed by atoms with E-state index < -0.39 is 0 Å². The molecule has 0 spiro atoms. The third kappa shape index (κ3) is 2.47. The second-order valence-electron chi connectivity index (χ2n) is 4.48. The summed E-state index contributed by atoms with van der Waals surface area (Å²) in [6.07, 6.45) is 3.04. The summed E-state index contributed by atoms with van der Waals surface area (Å²) in [6.45, 7) is 1.51. The quantitative estimate of drug-likeness (QED) is 0.703. The summed E-state index contributed by atoms with van der Waals surface area (Å²) in [6, 6.07) is 1.57. The summed E-state index contributed by atoms with van der Waals surface area (Å²) >= 11 is 0. The Morgan fingerprint density at radius 3 is 2.83 bits per heavy atom. The van der Waals surface area contributed by atoms with Crippen molar-refractivity contribution in [2.75, 3.05) is 30.8 Å². The van der Waals surface area contributed by atoms with E-state index in [1.165, 1.54) is 6.20 Å². The minimum absolute atomic E-state index is 0.0346. The number of rotatable bonds is 2. The first-order valence-corrected chi connectivity index (χ1v) is 6.03. The summed E-state index contributed by atoms with van der Waals surface area (Å²) in [7, 11) is 1.66. The highest BCUT2D eigenvalue weighted by Gasteiger charge is 2.25. The van der Waals surface area contributed by atoms with Crippen LogP contribution in [0.15, 0.2) is 12.3 Å². The number of pyridine rings is 1. The summed E-state index contributed by atoms with van der Waals surface area (Å²) in [5.74, 6) is 0.135. The van der Waals surface area contributed by atoms with E-state index in [0.29, 0.717) is 5.69 Å². The number of anilines is 2. The SMILES string of the molecule is CNC(=O)C1CCN(c2cc(O)ncc2N)CC1. The predicted molar refractivity (Wildman–Crippen MR) is 69.3 cm³/mol. The lowest BCUT2D eigenvalue weighted by Crippen LogP contribution is -2.39. The van der Waals surface area contributed by atoms with Crippen molar-refractivity contribution in [2.45, 2.75) is 12.8 Å². The molecule has 1 aliphatic rings. The number of aromatic nitrogens is 1. The van der Waals surface area contributed by atoms with Crippen LogP contribution < -0.4 is 16.0 Å². The lowest BCUT2D eigenvalue weighted by Gasteiger charge is -2.33. The van der Waals surface area contributed by atoms with Crippen molar-refractivity contribution in [3.05, 3.63) is 12.3 Å². The molecule has 1 fully saturated rings. The Morgan fingerprint density at radius 1 is 1.56 bits per heavy atom. The van der Waals surface area contributed by atoms with Crippen LogP contribution in [0.5, 0.6) is 5.88 Å². The van der Waals surface area contributed by atoms with Crippen LogP contribution in [0.4, 0.5) is 11.4 Å². The Labute approximate surface area is 106 Å². The van der Waals surface area contributed by atoms with E-state index >= 15 is 0 Å². The van der Waals surface area contributed by atoms with Gasteiger partial charge in [-0.2, -0.15) is 0 Å². The molecule has 0 unspecified atom stereocenters. The first-order chi connectivity index (χ1) is 8.61. The molecule has 2 rings (SSSR count). The average Bonchev–Trinajstić information content (AvgIpc) is 2.41. The van der Waals surface area contributed by atoms with E-state index in [1.807, 2.05) is 0 Å². The molecule has 2 heterocycles. The van der Waals surface area contributed by atoms with Gasteiger partial charge in [0.15, 0.2) is 0 Å². The van der Waals surface area contributed by atoms with Gasteiger partial charge in [-0.05, 0) is 12.8 Å². The van der Waals surface area contributed by atoms with Crippen LogP contribution in [0, 0.1) is 5.92 Å². The van der Waals surface area contributed by atoms with E-state index in [1.54, 1.807) is 13.1 Å². The van der Waals surface area contributed by atoms with Crippen LogP contribution in [-0.4, -0.2) is 36.1 Å². The van der Waals surface area contributed by atoms with Crippen molar-refractivity contribution in [1.82, 2.24) is 10.3 Å². The molecule has 1 aromatic heterocycles. The van der Waals surface area contributed by atoms with Crippen molar-refractivity contribution < 1.29 is 9.90 Å². The molecule has 0 aromatic carbocycles. The zero-order valence-electron chi connectivity index (χ0n) is 10.4. The number of nitrogens with one attached hydrogen (secondary N) is 1. The molecule has 98 valence electrons. The van der Waals surface area contributed by atoms with Gasteiger partial charge in [-0.1, -0.05) is 0 Å². The van der Waals surface area contributed by atoms with Crippen molar-refractivity contribution in [1.29, 1.82) is 0 Å². The lowest BCUT2D eigenvalue weighted by molar-refractivity contribution is -0.125. The average molecular weight is 250 g/mol. The number of carbonyl (C=O) groups excluding carboxylic acids is 1. The van der Waals surface area contributed by atoms with Gasteiger partial charge in [-0.3, -0.25) is 4.79 Å². The largest absolute Gasteiger partial charge is 0.493 e. The normalized spacial score (nSPS) is 16.6. The second kappa shape index (κ2) is 5.12. The van der Waals surface area contributed by atoms with Crippen molar-refractivity contribution in [3.8, 4) is 5.88 Å². The van der Waals surface area contributed by atoms with Crippen LogP contribution in [0.1, 0.15) is 12.8 Å². The monoisotopic (exact) mass is 250 g/mol. The highest BCUT2D eigenvalue weighted by molar-refractivity contribution is 5.79. The summed E-state index contributed by atoms with van der Waals surface area (Å²) in [5, 5.41) is 12.1. The number of amides is 1. The number of nitrogens with two attached hydrogens (primary N) is 1. The van der Waals surface area contributed by atoms with E-state index in [4.69, 9.17) is 5.73 Å². The van der Waals surface area contributed by atoms with Gasteiger partial charge >= 0.3 is 0 Å². The third-order valence-corrected chi connectivity index (χ3v) is 3.35. The molecule has 0 radical (unpaired) electrons. The number of hydrogen-bond donors (Lipinski definition) is 3. The van der Waals surface area contributed by atoms with Crippen LogP contribution in [-0.2, 0) is 4.79 Å². The Hall–Kier alpha value is -1.98. The Morgan fingerprint density at radius 2 is 2.22 bits per heavy atom. The highest BCUT2D eigenvalue weighted by atomic mass is 16.3. The Balaban J connectivity index is 2.05. The van der Waals surface area contributed by atoms with Gasteiger partial charge in [0, 0.05) is 32.1 Å². The number of carbonyl (C=O) groups is 1. The molecule has 6 heteroatoms. The molecule has 18 heavy (non-hydrogen) atoms. The number of aromatic hydroxyl groups is 1. The summed E-state index contributed by atoms with van der Waals surface area (Å²) in [5.41, 5.74) is 7.18. The van der Waals surface area contributed by atoms with Crippen LogP contribution in [0.2, 0.25) is 0 Å². The van der Waals surface area contributed by atoms with Crippen LogP contribution >= 0.6 is 0 Å². The fraction of sp³-hybridized carbons (Fsp3) is 0.500. The fourth-order valence-corrected chi connectivity index (χ4v) is 2.31. The summed E-state index contributed by atoms with van der Waals surface area (Å²) in [4.78, 5) is 17.3. The highest BCUT2D eigenvalue weighted by Crippen LogP contribution is 2.29. The van der Waals surface area contributed by atoms with Gasteiger partial charge in [0.25, 0.3) is 0 Å². The standard InChI is InChI=1S/C12H18N4O2/c1-14-12(18)8-2-4-16(5-3-8)10-6-11(17)15-7-9(10)13/h6-8H,2-5,13H2,1H3,(H,14,18)(H,15,17). The van der Waals surface area contributed by atoms with Gasteiger partial charge in [-0.25, -0.2) is 4.98 Å². The number of hydrogen-bond acceptors (Lipinski definition) is 5. The fourth-order valence-electron chi connectivity index (χ4n) is 2.31. The van der Waals surface area contributed by atoms with Crippen molar-refractivity contribution in [3.63, 3.8) is 0 Å². The van der Waals surface area contributed by atoms with Crippen LogP contribution in [0.3, 0.4) is 0 Å². The molecule has 0 saturated carbocycles. The zero-order chi connectivity index (χ0) is 13.1. The van der Waals surface area contributed by atoms with Crippen molar-refractivity contribution in [2.24, 2.45) is 5.92 Å². The van der Waals surface area contributed by atoms with Gasteiger partial charge in [-0.15, -0.1) is 0 Å². The van der Waals surface area contributed by atoms with Gasteiger partial charge < -0.3 is 21.1 Å². The Kier molecular flexibility index (Phi) is 3.55. The van der Waals surface area contributed by atoms with Crippen molar-refractivity contribution >= 4 is 17.3 Å². The maximum absolute atomic E-state index is 11.5. The van der Waals surface area contributed by atoms with E-state index in [-0.39, 0.29) is 17.7 Å². The number of nitrogen functional groups attached to an aromatic ring is 1. The van der Waals surface area contributed by atoms with E-state index in [2.05, 4.69) is 15.2 Å². The third-order valence-electron chi connectivity index (χ3n) is 3.35. The molecule has 6 nitrogen and oxygen atoms in total. The summed E-state index contributed by atoms with van der Waals surface area (Å²) < 4.78 is 0. The molecule has 1 aromatic rings. The molecule has 0 atom stereocenters. The minimum atomic E-state index is -0.0346. The minimum Gasteiger partial charge on any atom is -0.493 e. The number of piperidine rings is 1. The molecule has 4 N–H and O–H groups in total. The zero-order valence-corrected chi connectivity index (χ0v) is 10.4. The maximum Gasteiger partial charge on any atom is 0.222 e. The lowest BCUT2D eigenvalue weighted by atomic mass is 9.95. The van der Waals surface area contributed by atoms with Gasteiger partial charge in [0.05, 0.1) is 17.6 Å². The number of nitrogens with zero attached hydrogens (tertiary/aromatic N) is 2. The van der Waals surface area contributed by atoms with E-state index in [9.17, 15) is 9.90 Å². The molecular formula is C12H18N4O2. The molecule has 0 aliphatic carbocycles. The molecule has 1 aliphatic heterocycles. The smallest absolute Gasteiger partial charge is 0.222 e. The molecule has 0 bridgehead atoms. The van der Waals surface area contributed by atoms with E-state index in [0.717, 1.165) is 31.6 Å². The first-order valence-electron chi connectivity index (χ1n) is 6.03. The maximum atomic E-state index is 11.5.